The Labute approximate surface area is 184 Å². The van der Waals surface area contributed by atoms with E-state index in [0.717, 1.165) is 18.4 Å². The van der Waals surface area contributed by atoms with Gasteiger partial charge in [0.15, 0.2) is 0 Å². The Morgan fingerprint density at radius 1 is 1.13 bits per heavy atom. The van der Waals surface area contributed by atoms with E-state index in [1.54, 1.807) is 36.4 Å². The molecule has 31 heavy (non-hydrogen) atoms. The predicted molar refractivity (Wildman–Crippen MR) is 120 cm³/mol. The van der Waals surface area contributed by atoms with Gasteiger partial charge in [0, 0.05) is 29.6 Å². The molecule has 1 aliphatic rings. The highest BCUT2D eigenvalue weighted by Crippen LogP contribution is 2.23. The smallest absolute Gasteiger partial charge is 0.273 e. The number of aromatic nitrogens is 2. The van der Waals surface area contributed by atoms with E-state index < -0.39 is 0 Å². The van der Waals surface area contributed by atoms with Gasteiger partial charge in [0.1, 0.15) is 12.2 Å². The van der Waals surface area contributed by atoms with E-state index in [-0.39, 0.29) is 48.5 Å². The average Bonchev–Trinajstić information content (AvgIpc) is 3.56. The molecule has 8 heteroatoms. The van der Waals surface area contributed by atoms with Crippen molar-refractivity contribution < 1.29 is 9.59 Å². The van der Waals surface area contributed by atoms with Crippen LogP contribution >= 0.6 is 11.6 Å². The summed E-state index contributed by atoms with van der Waals surface area (Å²) >= 11 is 6.13. The number of rotatable bonds is 7. The number of benzene rings is 2. The molecule has 7 nitrogen and oxygen atoms in total. The van der Waals surface area contributed by atoms with Crippen LogP contribution in [-0.4, -0.2) is 27.4 Å². The first-order valence-corrected chi connectivity index (χ1v) is 10.6. The number of hydrogen-bond donors (Lipinski definition) is 2. The Morgan fingerprint density at radius 2 is 1.90 bits per heavy atom. The fourth-order valence-electron chi connectivity index (χ4n) is 3.40. The third-order valence-electron chi connectivity index (χ3n) is 5.29. The number of carbonyl (C=O) groups excluding carboxylic acids is 2. The molecule has 1 aliphatic carbocycles. The van der Waals surface area contributed by atoms with Crippen LogP contribution in [0.25, 0.3) is 11.0 Å². The van der Waals surface area contributed by atoms with E-state index in [0.29, 0.717) is 21.7 Å². The summed E-state index contributed by atoms with van der Waals surface area (Å²) in [6, 6.07) is 12.7. The van der Waals surface area contributed by atoms with Crippen molar-refractivity contribution in [2.75, 3.05) is 5.32 Å². The standard InChI is InChI=1S/C23H23ClN4O3/c1-14-16(24)5-4-7-17(14)27-22(30)13-28-20-8-3-2-6-18(20)26-19(23(28)31)11-12-21(29)25-15-9-10-15/h2-8,15H,9-13H2,1H3,(H,25,29)(H,27,30). The Hall–Kier alpha value is -3.19. The molecule has 2 N–H and O–H groups in total. The Morgan fingerprint density at radius 3 is 2.68 bits per heavy atom. The van der Waals surface area contributed by atoms with Gasteiger partial charge >= 0.3 is 0 Å². The maximum atomic E-state index is 13.1. The van der Waals surface area contributed by atoms with Gasteiger partial charge in [-0.1, -0.05) is 29.8 Å². The number of para-hydroxylation sites is 2. The maximum absolute atomic E-state index is 13.1. The molecule has 3 aromatic rings. The second-order valence-corrected chi connectivity index (χ2v) is 8.15. The summed E-state index contributed by atoms with van der Waals surface area (Å²) in [5.74, 6) is -0.432. The Bertz CT molecular complexity index is 1220. The second-order valence-electron chi connectivity index (χ2n) is 7.74. The number of halogens is 1. The highest BCUT2D eigenvalue weighted by Gasteiger charge is 2.23. The van der Waals surface area contributed by atoms with Crippen molar-refractivity contribution in [3.63, 3.8) is 0 Å². The van der Waals surface area contributed by atoms with Crippen molar-refractivity contribution in [1.82, 2.24) is 14.9 Å². The topological polar surface area (TPSA) is 93.1 Å². The third kappa shape index (κ3) is 4.94. The van der Waals surface area contributed by atoms with Gasteiger partial charge in [0.25, 0.3) is 5.56 Å². The monoisotopic (exact) mass is 438 g/mol. The van der Waals surface area contributed by atoms with Crippen LogP contribution in [0.15, 0.2) is 47.3 Å². The Balaban J connectivity index is 1.58. The first kappa shape index (κ1) is 21.1. The van der Waals surface area contributed by atoms with Crippen LogP contribution in [0.3, 0.4) is 0 Å². The molecule has 1 saturated carbocycles. The first-order chi connectivity index (χ1) is 14.9. The molecule has 0 spiro atoms. The van der Waals surface area contributed by atoms with E-state index >= 15 is 0 Å². The largest absolute Gasteiger partial charge is 0.353 e. The number of anilines is 1. The lowest BCUT2D eigenvalue weighted by Crippen LogP contribution is -2.32. The summed E-state index contributed by atoms with van der Waals surface area (Å²) in [7, 11) is 0. The van der Waals surface area contributed by atoms with Crippen LogP contribution in [0.4, 0.5) is 5.69 Å². The summed E-state index contributed by atoms with van der Waals surface area (Å²) < 4.78 is 1.41. The number of carbonyl (C=O) groups is 2. The van der Waals surface area contributed by atoms with Gasteiger partial charge in [-0.15, -0.1) is 0 Å². The average molecular weight is 439 g/mol. The third-order valence-corrected chi connectivity index (χ3v) is 5.70. The number of hydrogen-bond acceptors (Lipinski definition) is 4. The molecule has 0 unspecified atom stereocenters. The van der Waals surface area contributed by atoms with E-state index in [1.165, 1.54) is 4.57 Å². The molecule has 1 fully saturated rings. The van der Waals surface area contributed by atoms with Crippen LogP contribution in [0.1, 0.15) is 30.5 Å². The van der Waals surface area contributed by atoms with Crippen molar-refractivity contribution >= 4 is 40.1 Å². The van der Waals surface area contributed by atoms with Crippen molar-refractivity contribution in [2.45, 2.75) is 45.2 Å². The molecule has 2 aromatic carbocycles. The maximum Gasteiger partial charge on any atom is 0.273 e. The lowest BCUT2D eigenvalue weighted by Gasteiger charge is -2.14. The van der Waals surface area contributed by atoms with Crippen molar-refractivity contribution in [3.8, 4) is 0 Å². The van der Waals surface area contributed by atoms with Crippen LogP contribution < -0.4 is 16.2 Å². The van der Waals surface area contributed by atoms with Crippen LogP contribution in [0.5, 0.6) is 0 Å². The zero-order valence-corrected chi connectivity index (χ0v) is 17.9. The molecule has 1 heterocycles. The van der Waals surface area contributed by atoms with Gasteiger partial charge < -0.3 is 10.6 Å². The molecule has 0 aliphatic heterocycles. The van der Waals surface area contributed by atoms with Crippen molar-refractivity contribution in [1.29, 1.82) is 0 Å². The van der Waals surface area contributed by atoms with Gasteiger partial charge in [-0.25, -0.2) is 4.98 Å². The number of aryl methyl sites for hydroxylation is 1. The molecule has 0 atom stereocenters. The fourth-order valence-corrected chi connectivity index (χ4v) is 3.58. The molecule has 0 bridgehead atoms. The zero-order valence-electron chi connectivity index (χ0n) is 17.2. The van der Waals surface area contributed by atoms with E-state index in [4.69, 9.17) is 11.6 Å². The molecule has 4 rings (SSSR count). The van der Waals surface area contributed by atoms with E-state index in [9.17, 15) is 14.4 Å². The fraction of sp³-hybridized carbons (Fsp3) is 0.304. The van der Waals surface area contributed by atoms with Gasteiger partial charge in [-0.05, 0) is 49.6 Å². The summed E-state index contributed by atoms with van der Waals surface area (Å²) in [4.78, 5) is 42.4. The summed E-state index contributed by atoms with van der Waals surface area (Å²) in [5, 5.41) is 6.29. The summed E-state index contributed by atoms with van der Waals surface area (Å²) in [6.07, 6.45) is 2.42. The highest BCUT2D eigenvalue weighted by atomic mass is 35.5. The molecule has 160 valence electrons. The van der Waals surface area contributed by atoms with Crippen LogP contribution in [0, 0.1) is 6.92 Å². The normalized spacial score (nSPS) is 13.2. The highest BCUT2D eigenvalue weighted by molar-refractivity contribution is 6.31. The lowest BCUT2D eigenvalue weighted by molar-refractivity contribution is -0.121. The minimum absolute atomic E-state index is 0.0856. The van der Waals surface area contributed by atoms with E-state index in [1.807, 2.05) is 13.0 Å². The molecule has 1 aromatic heterocycles. The van der Waals surface area contributed by atoms with Crippen LogP contribution in [0.2, 0.25) is 5.02 Å². The predicted octanol–water partition coefficient (Wildman–Crippen LogP) is 3.21. The van der Waals surface area contributed by atoms with E-state index in [2.05, 4.69) is 15.6 Å². The number of fused-ring (bicyclic) bond motifs is 1. The van der Waals surface area contributed by atoms with Crippen molar-refractivity contribution in [3.05, 3.63) is 69.1 Å². The molecular weight excluding hydrogens is 416 g/mol. The Kier molecular flexibility index (Phi) is 6.04. The zero-order chi connectivity index (χ0) is 22.0. The lowest BCUT2D eigenvalue weighted by atomic mass is 10.2. The molecule has 2 amide bonds. The molecular formula is C23H23ClN4O3. The van der Waals surface area contributed by atoms with Crippen LogP contribution in [-0.2, 0) is 22.6 Å². The molecule has 0 saturated heterocycles. The number of amides is 2. The van der Waals surface area contributed by atoms with Crippen molar-refractivity contribution in [2.24, 2.45) is 0 Å². The summed E-state index contributed by atoms with van der Waals surface area (Å²) in [5.41, 5.74) is 2.43. The number of nitrogens with one attached hydrogen (secondary N) is 2. The van der Waals surface area contributed by atoms with Gasteiger partial charge in [-0.3, -0.25) is 19.0 Å². The quantitative estimate of drug-likeness (QED) is 0.592. The SMILES string of the molecule is Cc1c(Cl)cccc1NC(=O)Cn1c(=O)c(CCC(=O)NC2CC2)nc2ccccc21. The first-order valence-electron chi connectivity index (χ1n) is 10.2. The minimum Gasteiger partial charge on any atom is -0.353 e. The minimum atomic E-state index is -0.365. The molecule has 0 radical (unpaired) electrons. The summed E-state index contributed by atoms with van der Waals surface area (Å²) in [6.45, 7) is 1.64. The van der Waals surface area contributed by atoms with Gasteiger partial charge in [0.2, 0.25) is 11.8 Å². The van der Waals surface area contributed by atoms with Gasteiger partial charge in [-0.2, -0.15) is 0 Å². The van der Waals surface area contributed by atoms with Gasteiger partial charge in [0.05, 0.1) is 11.0 Å². The second kappa shape index (κ2) is 8.89. The number of nitrogens with zero attached hydrogens (tertiary/aromatic N) is 2.